The van der Waals surface area contributed by atoms with Gasteiger partial charge in [0.05, 0.1) is 34.6 Å². The van der Waals surface area contributed by atoms with Crippen LogP contribution < -0.4 is 5.32 Å². The third-order valence-corrected chi connectivity index (χ3v) is 6.73. The lowest BCUT2D eigenvalue weighted by Gasteiger charge is -2.09. The highest BCUT2D eigenvalue weighted by molar-refractivity contribution is 7.15. The zero-order valence-electron chi connectivity index (χ0n) is 17.0. The number of nitrogens with zero attached hydrogens (tertiary/aromatic N) is 4. The summed E-state index contributed by atoms with van der Waals surface area (Å²) in [4.78, 5) is 23.4. The van der Waals surface area contributed by atoms with Crippen molar-refractivity contribution < 1.29 is 0 Å². The van der Waals surface area contributed by atoms with Gasteiger partial charge >= 0.3 is 0 Å². The van der Waals surface area contributed by atoms with Crippen molar-refractivity contribution in [2.75, 3.05) is 6.54 Å². The van der Waals surface area contributed by atoms with Gasteiger partial charge in [0.1, 0.15) is 5.01 Å². The highest BCUT2D eigenvalue weighted by atomic mass is 32.1. The summed E-state index contributed by atoms with van der Waals surface area (Å²) in [7, 11) is 0. The molecule has 5 aromatic rings. The summed E-state index contributed by atoms with van der Waals surface area (Å²) in [6.07, 6.45) is 4.64. The summed E-state index contributed by atoms with van der Waals surface area (Å²) in [6.45, 7) is 3.90. The summed E-state index contributed by atoms with van der Waals surface area (Å²) in [6, 6.07) is 14.5. The summed E-state index contributed by atoms with van der Waals surface area (Å²) in [5, 5.41) is 5.54. The number of rotatable bonds is 3. The molecule has 0 aliphatic carbocycles. The predicted molar refractivity (Wildman–Crippen MR) is 124 cm³/mol. The molecule has 1 aliphatic heterocycles. The van der Waals surface area contributed by atoms with Crippen molar-refractivity contribution in [2.45, 2.75) is 19.9 Å². The Morgan fingerprint density at radius 2 is 1.94 bits per heavy atom. The number of benzene rings is 1. The first-order valence-corrected chi connectivity index (χ1v) is 11.1. The molecule has 0 saturated heterocycles. The van der Waals surface area contributed by atoms with Gasteiger partial charge in [0.2, 0.25) is 0 Å². The molecule has 1 aromatic carbocycles. The van der Waals surface area contributed by atoms with E-state index in [2.05, 4.69) is 43.5 Å². The van der Waals surface area contributed by atoms with Crippen molar-refractivity contribution in [2.24, 2.45) is 0 Å². The van der Waals surface area contributed by atoms with Crippen LogP contribution in [0.1, 0.15) is 16.3 Å². The molecule has 4 aromatic heterocycles. The van der Waals surface area contributed by atoms with E-state index in [4.69, 9.17) is 4.98 Å². The molecule has 6 rings (SSSR count). The Bertz CT molecular complexity index is 1390. The van der Waals surface area contributed by atoms with Gasteiger partial charge in [0, 0.05) is 52.8 Å². The Morgan fingerprint density at radius 3 is 2.84 bits per heavy atom. The molecule has 0 atom stereocenters. The average molecular weight is 425 g/mol. The van der Waals surface area contributed by atoms with E-state index in [1.807, 2.05) is 37.4 Å². The van der Waals surface area contributed by atoms with E-state index in [1.54, 1.807) is 17.7 Å². The fourth-order valence-corrected chi connectivity index (χ4v) is 5.09. The van der Waals surface area contributed by atoms with Crippen molar-refractivity contribution in [1.82, 2.24) is 30.2 Å². The maximum absolute atomic E-state index is 4.88. The lowest BCUT2D eigenvalue weighted by Crippen LogP contribution is -2.22. The quantitative estimate of drug-likeness (QED) is 0.436. The van der Waals surface area contributed by atoms with E-state index >= 15 is 0 Å². The Kier molecular flexibility index (Phi) is 4.36. The van der Waals surface area contributed by atoms with E-state index in [-0.39, 0.29) is 0 Å². The monoisotopic (exact) mass is 424 g/mol. The van der Waals surface area contributed by atoms with Gasteiger partial charge < -0.3 is 10.3 Å². The lowest BCUT2D eigenvalue weighted by atomic mass is 10.0. The Labute approximate surface area is 183 Å². The molecule has 6 nitrogen and oxygen atoms in total. The fraction of sp³-hybridized carbons (Fsp3) is 0.167. The molecule has 0 radical (unpaired) electrons. The molecule has 1 aliphatic rings. The van der Waals surface area contributed by atoms with Crippen LogP contribution in [0.4, 0.5) is 0 Å². The lowest BCUT2D eigenvalue weighted by molar-refractivity contribution is 0.644. The van der Waals surface area contributed by atoms with Crippen molar-refractivity contribution >= 4 is 22.2 Å². The molecule has 0 spiro atoms. The first kappa shape index (κ1) is 18.4. The largest absolute Gasteiger partial charge is 0.343 e. The molecule has 152 valence electrons. The summed E-state index contributed by atoms with van der Waals surface area (Å²) < 4.78 is 0. The number of hydrogen-bond donors (Lipinski definition) is 2. The maximum Gasteiger partial charge on any atom is 0.125 e. The van der Waals surface area contributed by atoms with Crippen molar-refractivity contribution in [3.63, 3.8) is 0 Å². The van der Waals surface area contributed by atoms with E-state index in [0.717, 1.165) is 69.3 Å². The normalized spacial score (nSPS) is 13.5. The molecule has 0 bridgehead atoms. The highest BCUT2D eigenvalue weighted by Gasteiger charge is 2.17. The topological polar surface area (TPSA) is 79.4 Å². The summed E-state index contributed by atoms with van der Waals surface area (Å²) in [5.74, 6) is 0. The summed E-state index contributed by atoms with van der Waals surface area (Å²) in [5.41, 5.74) is 7.96. The third-order valence-electron chi connectivity index (χ3n) is 5.59. The standard InChI is InChI=1S/C24H20N6S/c1-14-3-2-4-20(29-14)23-22(27-13-28-23)15-5-6-18-16(9-15)10-17(11-26-18)24-30-19-7-8-25-12-21(19)31-24/h2-6,9-11,13,25H,7-8,12H2,1H3,(H,27,28). The van der Waals surface area contributed by atoms with E-state index in [1.165, 1.54) is 10.6 Å². The van der Waals surface area contributed by atoms with Gasteiger partial charge in [0.15, 0.2) is 0 Å². The molecular weight excluding hydrogens is 404 g/mol. The van der Waals surface area contributed by atoms with Crippen LogP contribution in [0.25, 0.3) is 44.1 Å². The van der Waals surface area contributed by atoms with E-state index in [0.29, 0.717) is 0 Å². The van der Waals surface area contributed by atoms with Crippen molar-refractivity contribution in [3.8, 4) is 33.2 Å². The number of aromatic nitrogens is 5. The van der Waals surface area contributed by atoms with Gasteiger partial charge in [-0.2, -0.15) is 0 Å². The predicted octanol–water partition coefficient (Wildman–Crippen LogP) is 4.76. The van der Waals surface area contributed by atoms with Crippen molar-refractivity contribution in [3.05, 3.63) is 71.3 Å². The number of aryl methyl sites for hydroxylation is 1. The van der Waals surface area contributed by atoms with Crippen LogP contribution in [0.2, 0.25) is 0 Å². The zero-order chi connectivity index (χ0) is 20.8. The number of hydrogen-bond acceptors (Lipinski definition) is 6. The molecule has 0 unspecified atom stereocenters. The van der Waals surface area contributed by atoms with Gasteiger partial charge in [-0.15, -0.1) is 11.3 Å². The smallest absolute Gasteiger partial charge is 0.125 e. The molecule has 0 fully saturated rings. The minimum atomic E-state index is 0.890. The Hall–Kier alpha value is -3.42. The number of H-pyrrole nitrogens is 1. The van der Waals surface area contributed by atoms with E-state index in [9.17, 15) is 0 Å². The molecular formula is C24H20N6S. The van der Waals surface area contributed by atoms with Gasteiger partial charge in [0.25, 0.3) is 0 Å². The second kappa shape index (κ2) is 7.37. The minimum absolute atomic E-state index is 0.890. The molecule has 5 heterocycles. The highest BCUT2D eigenvalue weighted by Crippen LogP contribution is 2.33. The van der Waals surface area contributed by atoms with Gasteiger partial charge in [-0.3, -0.25) is 9.97 Å². The van der Waals surface area contributed by atoms with Crippen LogP contribution in [0.15, 0.2) is 55.0 Å². The minimum Gasteiger partial charge on any atom is -0.343 e. The third kappa shape index (κ3) is 3.32. The maximum atomic E-state index is 4.88. The van der Waals surface area contributed by atoms with Gasteiger partial charge in [-0.25, -0.2) is 9.97 Å². The van der Waals surface area contributed by atoms with Gasteiger partial charge in [-0.05, 0) is 37.3 Å². The Balaban J connectivity index is 1.42. The van der Waals surface area contributed by atoms with E-state index < -0.39 is 0 Å². The van der Waals surface area contributed by atoms with Crippen LogP contribution >= 0.6 is 11.3 Å². The first-order chi connectivity index (χ1) is 15.2. The van der Waals surface area contributed by atoms with Crippen LogP contribution in [0.5, 0.6) is 0 Å². The average Bonchev–Trinajstić information content (AvgIpc) is 3.46. The number of aromatic amines is 1. The number of thiazole rings is 1. The Morgan fingerprint density at radius 1 is 1.00 bits per heavy atom. The molecule has 2 N–H and O–H groups in total. The van der Waals surface area contributed by atoms with Crippen LogP contribution in [0, 0.1) is 6.92 Å². The first-order valence-electron chi connectivity index (χ1n) is 10.3. The van der Waals surface area contributed by atoms with Crippen LogP contribution in [0.3, 0.4) is 0 Å². The SMILES string of the molecule is Cc1cccc(-c2[nH]cnc2-c2ccc3ncc(-c4nc5c(s4)CNCC5)cc3c2)n1. The van der Waals surface area contributed by atoms with Crippen molar-refractivity contribution in [1.29, 1.82) is 0 Å². The molecule has 0 amide bonds. The zero-order valence-corrected chi connectivity index (χ0v) is 17.8. The molecule has 31 heavy (non-hydrogen) atoms. The number of pyridine rings is 2. The van der Waals surface area contributed by atoms with Crippen LogP contribution in [-0.4, -0.2) is 31.5 Å². The number of nitrogens with one attached hydrogen (secondary N) is 2. The fourth-order valence-electron chi connectivity index (χ4n) is 4.04. The van der Waals surface area contributed by atoms with Crippen LogP contribution in [-0.2, 0) is 13.0 Å². The number of imidazole rings is 1. The second-order valence-electron chi connectivity index (χ2n) is 7.74. The summed E-state index contributed by atoms with van der Waals surface area (Å²) >= 11 is 1.76. The second-order valence-corrected chi connectivity index (χ2v) is 8.82. The molecule has 0 saturated carbocycles. The molecule has 7 heteroatoms. The number of fused-ring (bicyclic) bond motifs is 2. The van der Waals surface area contributed by atoms with Gasteiger partial charge in [-0.1, -0.05) is 12.1 Å².